The number of likely N-dealkylation sites (tertiary alicyclic amines) is 1. The van der Waals surface area contributed by atoms with Gasteiger partial charge in [-0.05, 0) is 50.1 Å². The Morgan fingerprint density at radius 1 is 1.20 bits per heavy atom. The van der Waals surface area contributed by atoms with Gasteiger partial charge in [-0.15, -0.1) is 0 Å². The summed E-state index contributed by atoms with van der Waals surface area (Å²) in [7, 11) is 0. The second-order valence-corrected chi connectivity index (χ2v) is 6.78. The molecule has 1 heterocycles. The van der Waals surface area contributed by atoms with Gasteiger partial charge in [0.2, 0.25) is 0 Å². The standard InChI is InChI=1S/C18H30N2/c1-14(2)11-18(17-7-5-4-6-8-17)20-13-16(12-19)10-9-15(20)3/h4-8,14-16,18H,9-13,19H2,1-3H3. The van der Waals surface area contributed by atoms with Gasteiger partial charge in [0.25, 0.3) is 0 Å². The van der Waals surface area contributed by atoms with Crippen LogP contribution in [0.1, 0.15) is 51.6 Å². The Bertz CT molecular complexity index is 388. The molecule has 1 saturated heterocycles. The van der Waals surface area contributed by atoms with E-state index >= 15 is 0 Å². The van der Waals surface area contributed by atoms with Crippen LogP contribution in [0.3, 0.4) is 0 Å². The van der Waals surface area contributed by atoms with Crippen molar-refractivity contribution in [3.05, 3.63) is 35.9 Å². The van der Waals surface area contributed by atoms with Gasteiger partial charge in [0.1, 0.15) is 0 Å². The lowest BCUT2D eigenvalue weighted by Gasteiger charge is -2.43. The monoisotopic (exact) mass is 274 g/mol. The Balaban J connectivity index is 2.21. The molecule has 20 heavy (non-hydrogen) atoms. The maximum atomic E-state index is 5.92. The number of hydrogen-bond donors (Lipinski definition) is 1. The summed E-state index contributed by atoms with van der Waals surface area (Å²) in [5.41, 5.74) is 7.39. The number of nitrogens with two attached hydrogens (primary N) is 1. The lowest BCUT2D eigenvalue weighted by Crippen LogP contribution is -2.46. The molecule has 2 rings (SSSR count). The smallest absolute Gasteiger partial charge is 0.0353 e. The molecule has 3 atom stereocenters. The Morgan fingerprint density at radius 3 is 2.50 bits per heavy atom. The lowest BCUT2D eigenvalue weighted by molar-refractivity contribution is 0.0629. The summed E-state index contributed by atoms with van der Waals surface area (Å²) in [5.74, 6) is 1.38. The molecule has 2 heteroatoms. The Morgan fingerprint density at radius 2 is 1.90 bits per heavy atom. The van der Waals surface area contributed by atoms with Crippen LogP contribution in [0, 0.1) is 11.8 Å². The summed E-state index contributed by atoms with van der Waals surface area (Å²) in [4.78, 5) is 2.70. The molecule has 2 N–H and O–H groups in total. The first-order valence-electron chi connectivity index (χ1n) is 8.12. The van der Waals surface area contributed by atoms with E-state index in [0.717, 1.165) is 13.1 Å². The van der Waals surface area contributed by atoms with Gasteiger partial charge in [0.15, 0.2) is 0 Å². The topological polar surface area (TPSA) is 29.3 Å². The molecule has 0 amide bonds. The van der Waals surface area contributed by atoms with Crippen LogP contribution in [0.2, 0.25) is 0 Å². The van der Waals surface area contributed by atoms with Gasteiger partial charge in [-0.3, -0.25) is 4.90 Å². The summed E-state index contributed by atoms with van der Waals surface area (Å²) in [6, 6.07) is 12.2. The summed E-state index contributed by atoms with van der Waals surface area (Å²) in [6.07, 6.45) is 3.80. The summed E-state index contributed by atoms with van der Waals surface area (Å²) in [5, 5.41) is 0. The summed E-state index contributed by atoms with van der Waals surface area (Å²) in [6.45, 7) is 9.01. The van der Waals surface area contributed by atoms with Crippen LogP contribution in [-0.4, -0.2) is 24.0 Å². The molecular weight excluding hydrogens is 244 g/mol. The predicted octanol–water partition coefficient (Wildman–Crippen LogP) is 3.83. The van der Waals surface area contributed by atoms with Crippen molar-refractivity contribution in [3.63, 3.8) is 0 Å². The predicted molar refractivity (Wildman–Crippen MR) is 86.6 cm³/mol. The highest BCUT2D eigenvalue weighted by Crippen LogP contribution is 2.34. The third kappa shape index (κ3) is 3.83. The first-order valence-corrected chi connectivity index (χ1v) is 8.12. The normalized spacial score (nSPS) is 25.9. The SMILES string of the molecule is CC(C)CC(c1ccccc1)N1CC(CN)CCC1C. The van der Waals surface area contributed by atoms with Gasteiger partial charge in [-0.2, -0.15) is 0 Å². The largest absolute Gasteiger partial charge is 0.330 e. The molecule has 1 aromatic carbocycles. The van der Waals surface area contributed by atoms with Crippen LogP contribution in [0.4, 0.5) is 0 Å². The Labute approximate surface area is 124 Å². The zero-order chi connectivity index (χ0) is 14.5. The van der Waals surface area contributed by atoms with E-state index < -0.39 is 0 Å². The van der Waals surface area contributed by atoms with E-state index in [2.05, 4.69) is 56.0 Å². The summed E-state index contributed by atoms with van der Waals surface area (Å²) >= 11 is 0. The van der Waals surface area contributed by atoms with Crippen molar-refractivity contribution in [2.75, 3.05) is 13.1 Å². The van der Waals surface area contributed by atoms with Crippen molar-refractivity contribution < 1.29 is 0 Å². The molecule has 1 aromatic rings. The second kappa shape index (κ2) is 7.24. The van der Waals surface area contributed by atoms with Crippen molar-refractivity contribution in [2.24, 2.45) is 17.6 Å². The van der Waals surface area contributed by atoms with E-state index in [1.807, 2.05) is 0 Å². The highest BCUT2D eigenvalue weighted by atomic mass is 15.2. The second-order valence-electron chi connectivity index (χ2n) is 6.78. The zero-order valence-electron chi connectivity index (χ0n) is 13.3. The van der Waals surface area contributed by atoms with Gasteiger partial charge in [-0.1, -0.05) is 44.2 Å². The number of piperidine rings is 1. The average Bonchev–Trinajstić information content (AvgIpc) is 2.46. The van der Waals surface area contributed by atoms with Crippen molar-refractivity contribution in [3.8, 4) is 0 Å². The number of nitrogens with zero attached hydrogens (tertiary/aromatic N) is 1. The van der Waals surface area contributed by atoms with Crippen LogP contribution >= 0.6 is 0 Å². The van der Waals surface area contributed by atoms with Crippen molar-refractivity contribution in [2.45, 2.75) is 52.1 Å². The Kier molecular flexibility index (Phi) is 5.62. The fourth-order valence-electron chi connectivity index (χ4n) is 3.42. The lowest BCUT2D eigenvalue weighted by atomic mass is 9.88. The van der Waals surface area contributed by atoms with E-state index in [9.17, 15) is 0 Å². The van der Waals surface area contributed by atoms with Gasteiger partial charge in [0.05, 0.1) is 0 Å². The quantitative estimate of drug-likeness (QED) is 0.884. The third-order valence-corrected chi connectivity index (χ3v) is 4.64. The third-order valence-electron chi connectivity index (χ3n) is 4.64. The zero-order valence-corrected chi connectivity index (χ0v) is 13.3. The molecule has 0 aromatic heterocycles. The van der Waals surface area contributed by atoms with Crippen molar-refractivity contribution in [1.82, 2.24) is 4.90 Å². The van der Waals surface area contributed by atoms with E-state index in [4.69, 9.17) is 5.73 Å². The van der Waals surface area contributed by atoms with E-state index in [1.165, 1.54) is 24.8 Å². The van der Waals surface area contributed by atoms with Crippen LogP contribution < -0.4 is 5.73 Å². The minimum Gasteiger partial charge on any atom is -0.330 e. The van der Waals surface area contributed by atoms with Gasteiger partial charge >= 0.3 is 0 Å². The van der Waals surface area contributed by atoms with Gasteiger partial charge in [-0.25, -0.2) is 0 Å². The number of benzene rings is 1. The van der Waals surface area contributed by atoms with Crippen LogP contribution in [-0.2, 0) is 0 Å². The molecule has 1 fully saturated rings. The van der Waals surface area contributed by atoms with Crippen LogP contribution in [0.15, 0.2) is 30.3 Å². The molecular formula is C18H30N2. The molecule has 0 aliphatic carbocycles. The molecule has 0 bridgehead atoms. The molecule has 0 saturated carbocycles. The molecule has 1 aliphatic rings. The fourth-order valence-corrected chi connectivity index (χ4v) is 3.42. The summed E-state index contributed by atoms with van der Waals surface area (Å²) < 4.78 is 0. The molecule has 1 aliphatic heterocycles. The van der Waals surface area contributed by atoms with Crippen molar-refractivity contribution in [1.29, 1.82) is 0 Å². The molecule has 0 spiro atoms. The molecule has 112 valence electrons. The average molecular weight is 274 g/mol. The van der Waals surface area contributed by atoms with Crippen molar-refractivity contribution >= 4 is 0 Å². The minimum absolute atomic E-state index is 0.542. The van der Waals surface area contributed by atoms with E-state index in [-0.39, 0.29) is 0 Å². The van der Waals surface area contributed by atoms with Gasteiger partial charge < -0.3 is 5.73 Å². The van der Waals surface area contributed by atoms with Crippen LogP contribution in [0.5, 0.6) is 0 Å². The van der Waals surface area contributed by atoms with E-state index in [0.29, 0.717) is 23.9 Å². The number of rotatable bonds is 5. The van der Waals surface area contributed by atoms with Crippen LogP contribution in [0.25, 0.3) is 0 Å². The van der Waals surface area contributed by atoms with Gasteiger partial charge in [0, 0.05) is 18.6 Å². The van der Waals surface area contributed by atoms with E-state index in [1.54, 1.807) is 0 Å². The molecule has 3 unspecified atom stereocenters. The molecule has 0 radical (unpaired) electrons. The minimum atomic E-state index is 0.542. The highest BCUT2D eigenvalue weighted by molar-refractivity contribution is 5.19. The molecule has 2 nitrogen and oxygen atoms in total. The first kappa shape index (κ1) is 15.5. The number of hydrogen-bond acceptors (Lipinski definition) is 2. The Hall–Kier alpha value is -0.860. The maximum absolute atomic E-state index is 5.92. The highest BCUT2D eigenvalue weighted by Gasteiger charge is 2.31. The maximum Gasteiger partial charge on any atom is 0.0353 e. The first-order chi connectivity index (χ1) is 9.61. The fraction of sp³-hybridized carbons (Fsp3) is 0.667.